The van der Waals surface area contributed by atoms with Crippen LogP contribution >= 0.6 is 0 Å². The molecular weight excluding hydrogens is 334 g/mol. The van der Waals surface area contributed by atoms with Gasteiger partial charge in [0.2, 0.25) is 0 Å². The van der Waals surface area contributed by atoms with Crippen LogP contribution in [-0.2, 0) is 18.8 Å². The van der Waals surface area contributed by atoms with Gasteiger partial charge in [0.1, 0.15) is 13.2 Å². The Labute approximate surface area is 161 Å². The molecule has 3 heteroatoms. The third-order valence-corrected chi connectivity index (χ3v) is 4.40. The smallest absolute Gasteiger partial charge is 0.252 e. The summed E-state index contributed by atoms with van der Waals surface area (Å²) >= 11 is 0. The number of nitrogens with zero attached hydrogens (tertiary/aromatic N) is 1. The predicted octanol–water partition coefficient (Wildman–Crippen LogP) is 6.00. The highest BCUT2D eigenvalue weighted by Gasteiger charge is 2.27. The summed E-state index contributed by atoms with van der Waals surface area (Å²) in [6.07, 6.45) is 0. The molecule has 0 amide bonds. The molecule has 0 N–H and O–H groups in total. The molecule has 0 aliphatic carbocycles. The van der Waals surface area contributed by atoms with Crippen LogP contribution in [0.15, 0.2) is 78.9 Å². The van der Waals surface area contributed by atoms with Gasteiger partial charge in [0, 0.05) is 19.4 Å². The topological polar surface area (TPSA) is 22.8 Å². The second-order valence-electron chi connectivity index (χ2n) is 6.88. The third kappa shape index (κ3) is 4.89. The molecule has 0 spiro atoms. The van der Waals surface area contributed by atoms with Gasteiger partial charge in [0.25, 0.3) is 5.54 Å². The SMILES string of the molecule is [C-]#[N+]C(C)(C)c1ccc(OCc2ccccc2)c(OCc2ccccc2)c1. The highest BCUT2D eigenvalue weighted by molar-refractivity contribution is 5.46. The van der Waals surface area contributed by atoms with E-state index in [-0.39, 0.29) is 0 Å². The fraction of sp³-hybridized carbons (Fsp3) is 0.208. The van der Waals surface area contributed by atoms with Gasteiger partial charge in [-0.15, -0.1) is 0 Å². The van der Waals surface area contributed by atoms with Crippen molar-refractivity contribution in [2.75, 3.05) is 0 Å². The number of ether oxygens (including phenoxy) is 2. The third-order valence-electron chi connectivity index (χ3n) is 4.40. The monoisotopic (exact) mass is 357 g/mol. The molecule has 0 bridgehead atoms. The van der Waals surface area contributed by atoms with Crippen LogP contribution in [0.25, 0.3) is 4.85 Å². The minimum Gasteiger partial charge on any atom is -0.485 e. The van der Waals surface area contributed by atoms with Crippen LogP contribution < -0.4 is 9.47 Å². The van der Waals surface area contributed by atoms with Gasteiger partial charge in [-0.1, -0.05) is 60.7 Å². The minimum absolute atomic E-state index is 0.449. The highest BCUT2D eigenvalue weighted by Crippen LogP contribution is 2.35. The van der Waals surface area contributed by atoms with E-state index in [1.807, 2.05) is 92.7 Å². The fourth-order valence-corrected chi connectivity index (χ4v) is 2.66. The molecule has 0 saturated carbocycles. The van der Waals surface area contributed by atoms with Gasteiger partial charge < -0.3 is 14.3 Å². The van der Waals surface area contributed by atoms with Crippen molar-refractivity contribution in [2.45, 2.75) is 32.6 Å². The number of hydrogen-bond donors (Lipinski definition) is 0. The summed E-state index contributed by atoms with van der Waals surface area (Å²) in [5.41, 5.74) is 2.48. The van der Waals surface area contributed by atoms with E-state index in [4.69, 9.17) is 16.0 Å². The van der Waals surface area contributed by atoms with Gasteiger partial charge in [0.15, 0.2) is 11.5 Å². The molecular formula is C24H23NO2. The molecule has 3 rings (SSSR count). The quantitative estimate of drug-likeness (QED) is 0.484. The van der Waals surface area contributed by atoms with E-state index in [9.17, 15) is 0 Å². The van der Waals surface area contributed by atoms with E-state index in [1.54, 1.807) is 0 Å². The molecule has 0 aliphatic rings. The largest absolute Gasteiger partial charge is 0.485 e. The van der Waals surface area contributed by atoms with Crippen molar-refractivity contribution in [3.8, 4) is 11.5 Å². The summed E-state index contributed by atoms with van der Waals surface area (Å²) in [7, 11) is 0. The summed E-state index contributed by atoms with van der Waals surface area (Å²) in [4.78, 5) is 3.73. The van der Waals surface area contributed by atoms with E-state index >= 15 is 0 Å². The first-order valence-electron chi connectivity index (χ1n) is 8.95. The Balaban J connectivity index is 1.83. The van der Waals surface area contributed by atoms with E-state index < -0.39 is 5.54 Å². The average molecular weight is 357 g/mol. The molecule has 3 aromatic carbocycles. The summed E-state index contributed by atoms with van der Waals surface area (Å²) in [5.74, 6) is 1.34. The lowest BCUT2D eigenvalue weighted by Gasteiger charge is -2.17. The maximum atomic E-state index is 7.45. The second-order valence-corrected chi connectivity index (χ2v) is 6.88. The predicted molar refractivity (Wildman–Crippen MR) is 108 cm³/mol. The Bertz CT molecular complexity index is 912. The summed E-state index contributed by atoms with van der Waals surface area (Å²) < 4.78 is 12.1. The van der Waals surface area contributed by atoms with Crippen molar-refractivity contribution in [2.24, 2.45) is 0 Å². The standard InChI is InChI=1S/C24H23NO2/c1-24(2,25-3)21-14-15-22(26-17-19-10-6-4-7-11-19)23(16-21)27-18-20-12-8-5-9-13-20/h4-16H,17-18H2,1-2H3. The van der Waals surface area contributed by atoms with Gasteiger partial charge in [-0.05, 0) is 29.3 Å². The maximum Gasteiger partial charge on any atom is 0.252 e. The Morgan fingerprint density at radius 2 is 1.26 bits per heavy atom. The van der Waals surface area contributed by atoms with Crippen LogP contribution in [0.4, 0.5) is 0 Å². The zero-order valence-electron chi connectivity index (χ0n) is 15.7. The van der Waals surface area contributed by atoms with Gasteiger partial charge in [-0.25, -0.2) is 6.57 Å². The lowest BCUT2D eigenvalue weighted by Crippen LogP contribution is -2.11. The van der Waals surface area contributed by atoms with Crippen LogP contribution in [0.2, 0.25) is 0 Å². The first-order chi connectivity index (χ1) is 13.1. The Morgan fingerprint density at radius 3 is 1.78 bits per heavy atom. The van der Waals surface area contributed by atoms with Crippen molar-refractivity contribution < 1.29 is 9.47 Å². The van der Waals surface area contributed by atoms with E-state index in [0.29, 0.717) is 24.7 Å². The highest BCUT2D eigenvalue weighted by atomic mass is 16.5. The number of hydrogen-bond acceptors (Lipinski definition) is 2. The van der Waals surface area contributed by atoms with Gasteiger partial charge in [-0.2, -0.15) is 0 Å². The van der Waals surface area contributed by atoms with Crippen molar-refractivity contribution in [1.82, 2.24) is 0 Å². The molecule has 0 aliphatic heterocycles. The van der Waals surface area contributed by atoms with Crippen LogP contribution in [0.1, 0.15) is 30.5 Å². The summed E-state index contributed by atoms with van der Waals surface area (Å²) in [5, 5.41) is 0. The lowest BCUT2D eigenvalue weighted by atomic mass is 9.95. The van der Waals surface area contributed by atoms with Gasteiger partial charge >= 0.3 is 0 Å². The summed E-state index contributed by atoms with van der Waals surface area (Å²) in [6, 6.07) is 25.8. The molecule has 136 valence electrons. The average Bonchev–Trinajstić information content (AvgIpc) is 2.72. The van der Waals surface area contributed by atoms with Crippen LogP contribution in [0.5, 0.6) is 11.5 Å². The van der Waals surface area contributed by atoms with Crippen LogP contribution in [0, 0.1) is 6.57 Å². The minimum atomic E-state index is -0.608. The molecule has 0 radical (unpaired) electrons. The molecule has 0 saturated heterocycles. The van der Waals surface area contributed by atoms with E-state index in [0.717, 1.165) is 16.7 Å². The Hall–Kier alpha value is -3.25. The zero-order chi connectivity index (χ0) is 19.1. The first-order valence-corrected chi connectivity index (χ1v) is 8.95. The molecule has 3 nitrogen and oxygen atoms in total. The van der Waals surface area contributed by atoms with Gasteiger partial charge in [0.05, 0.1) is 0 Å². The van der Waals surface area contributed by atoms with Crippen LogP contribution in [-0.4, -0.2) is 0 Å². The molecule has 0 atom stereocenters. The maximum absolute atomic E-state index is 7.45. The van der Waals surface area contributed by atoms with Crippen molar-refractivity contribution >= 4 is 0 Å². The molecule has 0 aromatic heterocycles. The normalized spacial score (nSPS) is 10.9. The van der Waals surface area contributed by atoms with Gasteiger partial charge in [-0.3, -0.25) is 0 Å². The van der Waals surface area contributed by atoms with Crippen molar-refractivity contribution in [1.29, 1.82) is 0 Å². The Morgan fingerprint density at radius 1 is 0.741 bits per heavy atom. The van der Waals surface area contributed by atoms with Crippen molar-refractivity contribution in [3.05, 3.63) is 107 Å². The fourth-order valence-electron chi connectivity index (χ4n) is 2.66. The molecule has 0 heterocycles. The number of benzene rings is 3. The molecule has 3 aromatic rings. The Kier molecular flexibility index (Phi) is 5.78. The second kappa shape index (κ2) is 8.42. The van der Waals surface area contributed by atoms with Crippen molar-refractivity contribution in [3.63, 3.8) is 0 Å². The van der Waals surface area contributed by atoms with E-state index in [1.165, 1.54) is 0 Å². The molecule has 0 fully saturated rings. The molecule has 27 heavy (non-hydrogen) atoms. The van der Waals surface area contributed by atoms with E-state index in [2.05, 4.69) is 4.85 Å². The molecule has 0 unspecified atom stereocenters. The number of rotatable bonds is 7. The first kappa shape index (κ1) is 18.5. The van der Waals surface area contributed by atoms with Crippen LogP contribution in [0.3, 0.4) is 0 Å². The lowest BCUT2D eigenvalue weighted by molar-refractivity contribution is 0.255. The zero-order valence-corrected chi connectivity index (χ0v) is 15.7. The summed E-state index contributed by atoms with van der Waals surface area (Å²) in [6.45, 7) is 12.2.